The molecule has 1 saturated heterocycles. The van der Waals surface area contributed by atoms with Gasteiger partial charge in [0.15, 0.2) is 0 Å². The number of piperidine rings is 1. The van der Waals surface area contributed by atoms with Crippen LogP contribution in [0.1, 0.15) is 63.6 Å². The Hall–Kier alpha value is -2.91. The molecule has 200 valence electrons. The van der Waals surface area contributed by atoms with E-state index >= 15 is 0 Å². The van der Waals surface area contributed by atoms with E-state index in [1.54, 1.807) is 16.8 Å². The zero-order chi connectivity index (χ0) is 26.6. The predicted octanol–water partition coefficient (Wildman–Crippen LogP) is 4.99. The number of nitrogens with one attached hydrogen (secondary N) is 1. The molecule has 0 saturated carbocycles. The maximum Gasteiger partial charge on any atom is 0.252 e. The molecule has 9 heteroatoms. The predicted molar refractivity (Wildman–Crippen MR) is 142 cm³/mol. The lowest BCUT2D eigenvalue weighted by Gasteiger charge is -2.31. The van der Waals surface area contributed by atoms with Gasteiger partial charge in [-0.05, 0) is 30.5 Å². The van der Waals surface area contributed by atoms with Crippen molar-refractivity contribution in [1.29, 1.82) is 0 Å². The van der Waals surface area contributed by atoms with E-state index in [9.17, 15) is 18.7 Å². The van der Waals surface area contributed by atoms with Gasteiger partial charge in [0, 0.05) is 62.1 Å². The number of alkyl halides is 2. The summed E-state index contributed by atoms with van der Waals surface area (Å²) in [4.78, 5) is 23.9. The molecular formula is C28H37F2N5O2. The molecule has 0 spiro atoms. The number of rotatable bonds is 10. The Bertz CT molecular complexity index is 1250. The van der Waals surface area contributed by atoms with Crippen LogP contribution >= 0.6 is 0 Å². The Morgan fingerprint density at radius 1 is 1.16 bits per heavy atom. The van der Waals surface area contributed by atoms with Crippen molar-refractivity contribution in [3.63, 3.8) is 0 Å². The molecule has 7 nitrogen and oxygen atoms in total. The lowest BCUT2D eigenvalue weighted by molar-refractivity contribution is -0.0566. The van der Waals surface area contributed by atoms with Gasteiger partial charge in [-0.15, -0.1) is 0 Å². The van der Waals surface area contributed by atoms with Gasteiger partial charge in [0.1, 0.15) is 5.65 Å². The van der Waals surface area contributed by atoms with Crippen LogP contribution in [0.25, 0.3) is 11.0 Å². The van der Waals surface area contributed by atoms with Crippen LogP contribution in [-0.4, -0.2) is 50.2 Å². The minimum atomic E-state index is -2.53. The van der Waals surface area contributed by atoms with Crippen LogP contribution in [0.3, 0.4) is 0 Å². The first kappa shape index (κ1) is 27.1. The number of anilines is 1. The fourth-order valence-electron chi connectivity index (χ4n) is 4.97. The molecule has 1 aliphatic heterocycles. The highest BCUT2D eigenvalue weighted by Crippen LogP contribution is 2.29. The number of pyridine rings is 1. The van der Waals surface area contributed by atoms with Gasteiger partial charge in [-0.1, -0.05) is 44.5 Å². The number of benzene rings is 1. The molecule has 2 N–H and O–H groups in total. The van der Waals surface area contributed by atoms with E-state index in [2.05, 4.69) is 27.1 Å². The Labute approximate surface area is 216 Å². The van der Waals surface area contributed by atoms with Gasteiger partial charge < -0.3 is 10.4 Å². The number of hydrogen-bond donors (Lipinski definition) is 2. The molecule has 1 unspecified atom stereocenters. The zero-order valence-corrected chi connectivity index (χ0v) is 21.9. The highest BCUT2D eigenvalue weighted by molar-refractivity contribution is 5.75. The molecule has 0 bridgehead atoms. The van der Waals surface area contributed by atoms with E-state index in [4.69, 9.17) is 0 Å². The van der Waals surface area contributed by atoms with Crippen molar-refractivity contribution in [2.45, 2.75) is 71.5 Å². The molecule has 3 heterocycles. The molecule has 2 atom stereocenters. The Morgan fingerprint density at radius 2 is 1.86 bits per heavy atom. The van der Waals surface area contributed by atoms with Crippen LogP contribution in [0.4, 0.5) is 14.7 Å². The maximum atomic E-state index is 13.4. The molecule has 1 fully saturated rings. The highest BCUT2D eigenvalue weighted by Gasteiger charge is 2.33. The molecule has 0 radical (unpaired) electrons. The van der Waals surface area contributed by atoms with Gasteiger partial charge in [-0.3, -0.25) is 14.3 Å². The number of halogens is 2. The summed E-state index contributed by atoms with van der Waals surface area (Å²) in [5.74, 6) is -2.12. The van der Waals surface area contributed by atoms with E-state index in [1.807, 2.05) is 38.1 Å². The number of aliphatic hydroxyl groups is 1. The second kappa shape index (κ2) is 11.2. The smallest absolute Gasteiger partial charge is 0.252 e. The standard InChI is InChI=1S/C28H37F2N5O2/c1-4-11-27(3,19-36)18-35-24(37)10-9-23-16-31-26(33-25(23)35)32-20(2)22-7-5-21(6-8-22)17-34-14-12-28(29,30)13-15-34/h5-10,16,20,36H,4,11-15,17-19H2,1-3H3,(H,31,32,33)/t20-,27?/m0/s1. The van der Waals surface area contributed by atoms with E-state index in [-0.39, 0.29) is 31.0 Å². The van der Waals surface area contributed by atoms with Crippen LogP contribution < -0.4 is 10.9 Å². The van der Waals surface area contributed by atoms with Crippen LogP contribution in [0.2, 0.25) is 0 Å². The number of likely N-dealkylation sites (tertiary alicyclic amines) is 1. The van der Waals surface area contributed by atoms with Crippen molar-refractivity contribution in [3.8, 4) is 0 Å². The van der Waals surface area contributed by atoms with Crippen LogP contribution in [0, 0.1) is 5.41 Å². The molecule has 0 amide bonds. The molecule has 1 aromatic carbocycles. The Morgan fingerprint density at radius 3 is 2.51 bits per heavy atom. The highest BCUT2D eigenvalue weighted by atomic mass is 19.3. The first-order valence-electron chi connectivity index (χ1n) is 13.0. The van der Waals surface area contributed by atoms with E-state index in [1.165, 1.54) is 6.07 Å². The summed E-state index contributed by atoms with van der Waals surface area (Å²) in [6.07, 6.45) is 3.24. The summed E-state index contributed by atoms with van der Waals surface area (Å²) >= 11 is 0. The number of hydrogen-bond acceptors (Lipinski definition) is 6. The number of nitrogens with zero attached hydrogens (tertiary/aromatic N) is 4. The second-order valence-electron chi connectivity index (χ2n) is 10.7. The van der Waals surface area contributed by atoms with E-state index < -0.39 is 11.3 Å². The van der Waals surface area contributed by atoms with Crippen molar-refractivity contribution in [2.24, 2.45) is 5.41 Å². The quantitative estimate of drug-likeness (QED) is 0.397. The molecule has 3 aromatic rings. The first-order valence-corrected chi connectivity index (χ1v) is 13.0. The van der Waals surface area contributed by atoms with Crippen molar-refractivity contribution in [1.82, 2.24) is 19.4 Å². The maximum absolute atomic E-state index is 13.4. The number of aromatic nitrogens is 3. The van der Waals surface area contributed by atoms with Crippen molar-refractivity contribution < 1.29 is 13.9 Å². The van der Waals surface area contributed by atoms with Gasteiger partial charge in [-0.2, -0.15) is 4.98 Å². The zero-order valence-electron chi connectivity index (χ0n) is 21.9. The molecule has 37 heavy (non-hydrogen) atoms. The largest absolute Gasteiger partial charge is 0.396 e. The summed E-state index contributed by atoms with van der Waals surface area (Å²) in [6, 6.07) is 11.3. The van der Waals surface area contributed by atoms with Gasteiger partial charge in [0.2, 0.25) is 5.95 Å². The van der Waals surface area contributed by atoms with E-state index in [0.717, 1.165) is 29.4 Å². The Balaban J connectivity index is 1.47. The lowest BCUT2D eigenvalue weighted by Crippen LogP contribution is -2.38. The van der Waals surface area contributed by atoms with Gasteiger partial charge >= 0.3 is 0 Å². The van der Waals surface area contributed by atoms with Crippen molar-refractivity contribution in [2.75, 3.05) is 25.0 Å². The fraction of sp³-hybridized carbons (Fsp3) is 0.536. The van der Waals surface area contributed by atoms with Crippen LogP contribution in [0.5, 0.6) is 0 Å². The third-order valence-corrected chi connectivity index (χ3v) is 7.32. The van der Waals surface area contributed by atoms with Gasteiger partial charge in [0.25, 0.3) is 11.5 Å². The van der Waals surface area contributed by atoms with E-state index in [0.29, 0.717) is 37.8 Å². The average molecular weight is 514 g/mol. The minimum Gasteiger partial charge on any atom is -0.396 e. The van der Waals surface area contributed by atoms with Crippen molar-refractivity contribution in [3.05, 3.63) is 64.1 Å². The third-order valence-electron chi connectivity index (χ3n) is 7.32. The normalized spacial score (nSPS) is 18.4. The average Bonchev–Trinajstić information content (AvgIpc) is 2.88. The minimum absolute atomic E-state index is 0.0167. The SMILES string of the molecule is CCCC(C)(CO)Cn1c(=O)ccc2cnc(N[C@@H](C)c3ccc(CN4CCC(F)(F)CC4)cc3)nc21. The third kappa shape index (κ3) is 6.70. The topological polar surface area (TPSA) is 83.3 Å². The fourth-order valence-corrected chi connectivity index (χ4v) is 4.97. The number of aliphatic hydroxyl groups excluding tert-OH is 1. The lowest BCUT2D eigenvalue weighted by atomic mass is 9.86. The summed E-state index contributed by atoms with van der Waals surface area (Å²) in [6.45, 7) is 7.89. The molecule has 2 aromatic heterocycles. The Kier molecular flexibility index (Phi) is 8.23. The van der Waals surface area contributed by atoms with Crippen molar-refractivity contribution >= 4 is 17.0 Å². The number of fused-ring (bicyclic) bond motifs is 1. The van der Waals surface area contributed by atoms with Crippen LogP contribution in [0.15, 0.2) is 47.4 Å². The molecule has 1 aliphatic rings. The summed E-state index contributed by atoms with van der Waals surface area (Å²) < 4.78 is 28.5. The summed E-state index contributed by atoms with van der Waals surface area (Å²) in [5.41, 5.74) is 2.09. The van der Waals surface area contributed by atoms with Gasteiger partial charge in [-0.25, -0.2) is 13.8 Å². The first-order chi connectivity index (χ1) is 17.6. The second-order valence-corrected chi connectivity index (χ2v) is 10.7. The molecule has 0 aliphatic carbocycles. The summed E-state index contributed by atoms with van der Waals surface area (Å²) in [7, 11) is 0. The van der Waals surface area contributed by atoms with Gasteiger partial charge in [0.05, 0.1) is 12.6 Å². The molecular weight excluding hydrogens is 476 g/mol. The summed E-state index contributed by atoms with van der Waals surface area (Å²) in [5, 5.41) is 14.1. The van der Waals surface area contributed by atoms with Crippen LogP contribution in [-0.2, 0) is 13.1 Å². The monoisotopic (exact) mass is 513 g/mol. The molecule has 4 rings (SSSR count).